The molecule has 0 bridgehead atoms. The quantitative estimate of drug-likeness (QED) is 0.865. The molecule has 2 N–H and O–H groups in total. The van der Waals surface area contributed by atoms with Crippen molar-refractivity contribution in [3.05, 3.63) is 16.1 Å². The van der Waals surface area contributed by atoms with Crippen molar-refractivity contribution in [1.82, 2.24) is 15.6 Å². The first-order chi connectivity index (χ1) is 8.16. The Bertz CT molecular complexity index is 390. The van der Waals surface area contributed by atoms with Crippen molar-refractivity contribution >= 4 is 29.7 Å². The summed E-state index contributed by atoms with van der Waals surface area (Å²) >= 11 is 1.70. The number of carbonyl (C=O) groups is 1. The summed E-state index contributed by atoms with van der Waals surface area (Å²) in [7, 11) is 0. The number of thiazole rings is 1. The van der Waals surface area contributed by atoms with Crippen LogP contribution in [0.4, 0.5) is 0 Å². The average molecular weight is 290 g/mol. The van der Waals surface area contributed by atoms with E-state index in [4.69, 9.17) is 0 Å². The fourth-order valence-corrected chi connectivity index (χ4v) is 2.50. The van der Waals surface area contributed by atoms with Gasteiger partial charge in [0.2, 0.25) is 5.91 Å². The Morgan fingerprint density at radius 2 is 2.33 bits per heavy atom. The van der Waals surface area contributed by atoms with Gasteiger partial charge in [0.25, 0.3) is 0 Å². The van der Waals surface area contributed by atoms with Crippen molar-refractivity contribution in [2.75, 3.05) is 19.6 Å². The molecule has 1 saturated heterocycles. The first kappa shape index (κ1) is 15.4. The predicted octanol–water partition coefficient (Wildman–Crippen LogP) is 1.57. The van der Waals surface area contributed by atoms with Gasteiger partial charge in [-0.15, -0.1) is 23.7 Å². The van der Waals surface area contributed by atoms with Crippen molar-refractivity contribution in [2.24, 2.45) is 5.92 Å². The number of nitrogens with one attached hydrogen (secondary N) is 2. The molecule has 6 heteroatoms. The van der Waals surface area contributed by atoms with E-state index in [0.29, 0.717) is 12.5 Å². The molecule has 0 unspecified atom stereocenters. The molecular formula is C12H20ClN3OS. The minimum absolute atomic E-state index is 0. The topological polar surface area (TPSA) is 54.0 Å². The number of rotatable bonds is 5. The van der Waals surface area contributed by atoms with Gasteiger partial charge in [-0.3, -0.25) is 4.79 Å². The number of halogens is 1. The van der Waals surface area contributed by atoms with Gasteiger partial charge < -0.3 is 10.6 Å². The number of hydrogen-bond donors (Lipinski definition) is 2. The summed E-state index contributed by atoms with van der Waals surface area (Å²) in [6, 6.07) is 0. The lowest BCUT2D eigenvalue weighted by atomic mass is 10.0. The summed E-state index contributed by atoms with van der Waals surface area (Å²) in [5.74, 6) is 0.837. The van der Waals surface area contributed by atoms with Crippen LogP contribution in [0.2, 0.25) is 0 Å². The monoisotopic (exact) mass is 289 g/mol. The van der Waals surface area contributed by atoms with E-state index in [-0.39, 0.29) is 24.2 Å². The Kier molecular flexibility index (Phi) is 6.05. The van der Waals surface area contributed by atoms with Crippen LogP contribution >= 0.6 is 23.7 Å². The Morgan fingerprint density at radius 3 is 2.83 bits per heavy atom. The van der Waals surface area contributed by atoms with E-state index in [1.165, 1.54) is 5.01 Å². The van der Waals surface area contributed by atoms with E-state index in [9.17, 15) is 4.79 Å². The van der Waals surface area contributed by atoms with Crippen molar-refractivity contribution in [3.8, 4) is 0 Å². The van der Waals surface area contributed by atoms with E-state index < -0.39 is 0 Å². The van der Waals surface area contributed by atoms with E-state index in [1.807, 2.05) is 0 Å². The Hall–Kier alpha value is -0.650. The SMILES string of the molecule is CC(C)c1nc(CCNC(=O)C2CNC2)cs1.Cl. The van der Waals surface area contributed by atoms with E-state index in [1.54, 1.807) is 11.3 Å². The molecule has 1 amide bonds. The highest BCUT2D eigenvalue weighted by molar-refractivity contribution is 7.09. The van der Waals surface area contributed by atoms with Gasteiger partial charge in [-0.2, -0.15) is 0 Å². The van der Waals surface area contributed by atoms with Crippen LogP contribution in [0.5, 0.6) is 0 Å². The second-order valence-electron chi connectivity index (χ2n) is 4.73. The molecule has 2 heterocycles. The van der Waals surface area contributed by atoms with Gasteiger partial charge in [0.1, 0.15) is 0 Å². The largest absolute Gasteiger partial charge is 0.355 e. The molecule has 2 rings (SSSR count). The maximum Gasteiger partial charge on any atom is 0.225 e. The second-order valence-corrected chi connectivity index (χ2v) is 5.62. The standard InChI is InChI=1S/C12H19N3OS.ClH/c1-8(2)12-15-10(7-17-12)3-4-14-11(16)9-5-13-6-9;/h7-9,13H,3-6H2,1-2H3,(H,14,16);1H. The summed E-state index contributed by atoms with van der Waals surface area (Å²) in [6.07, 6.45) is 0.828. The van der Waals surface area contributed by atoms with Crippen LogP contribution in [0, 0.1) is 5.92 Å². The van der Waals surface area contributed by atoms with Crippen LogP contribution in [0.1, 0.15) is 30.5 Å². The molecule has 1 aromatic rings. The molecule has 18 heavy (non-hydrogen) atoms. The Balaban J connectivity index is 0.00000162. The molecule has 0 spiro atoms. The molecule has 4 nitrogen and oxygen atoms in total. The first-order valence-electron chi connectivity index (χ1n) is 6.09. The van der Waals surface area contributed by atoms with Gasteiger partial charge in [0.15, 0.2) is 0 Å². The Morgan fingerprint density at radius 1 is 1.61 bits per heavy atom. The number of aromatic nitrogens is 1. The van der Waals surface area contributed by atoms with Gasteiger partial charge in [0.05, 0.1) is 16.6 Å². The predicted molar refractivity (Wildman–Crippen MR) is 76.5 cm³/mol. The molecule has 1 aliphatic heterocycles. The lowest BCUT2D eigenvalue weighted by molar-refractivity contribution is -0.126. The Labute approximate surface area is 118 Å². The third kappa shape index (κ3) is 3.93. The van der Waals surface area contributed by atoms with E-state index in [0.717, 1.165) is 25.2 Å². The zero-order chi connectivity index (χ0) is 12.3. The molecular weight excluding hydrogens is 270 g/mol. The van der Waals surface area contributed by atoms with Gasteiger partial charge in [0, 0.05) is 37.4 Å². The van der Waals surface area contributed by atoms with Crippen molar-refractivity contribution < 1.29 is 4.79 Å². The number of nitrogens with zero attached hydrogens (tertiary/aromatic N) is 1. The van der Waals surface area contributed by atoms with Crippen LogP contribution < -0.4 is 10.6 Å². The average Bonchev–Trinajstić information content (AvgIpc) is 2.63. The fourth-order valence-electron chi connectivity index (χ4n) is 1.63. The van der Waals surface area contributed by atoms with Crippen LogP contribution in [0.3, 0.4) is 0 Å². The van der Waals surface area contributed by atoms with E-state index in [2.05, 4.69) is 34.8 Å². The van der Waals surface area contributed by atoms with Crippen molar-refractivity contribution in [3.63, 3.8) is 0 Å². The zero-order valence-electron chi connectivity index (χ0n) is 10.7. The van der Waals surface area contributed by atoms with Crippen LogP contribution in [0.25, 0.3) is 0 Å². The molecule has 0 aliphatic carbocycles. The number of amides is 1. The van der Waals surface area contributed by atoms with Crippen LogP contribution in [-0.4, -0.2) is 30.5 Å². The molecule has 0 atom stereocenters. The summed E-state index contributed by atoms with van der Waals surface area (Å²) in [5.41, 5.74) is 1.09. The maximum absolute atomic E-state index is 11.6. The van der Waals surface area contributed by atoms with Gasteiger partial charge in [-0.1, -0.05) is 13.8 Å². The molecule has 0 aromatic carbocycles. The van der Waals surface area contributed by atoms with Gasteiger partial charge in [-0.25, -0.2) is 4.98 Å². The summed E-state index contributed by atoms with van der Waals surface area (Å²) in [5, 5.41) is 9.32. The minimum Gasteiger partial charge on any atom is -0.355 e. The van der Waals surface area contributed by atoms with Gasteiger partial charge in [-0.05, 0) is 0 Å². The molecule has 0 saturated carbocycles. The van der Waals surface area contributed by atoms with Crippen molar-refractivity contribution in [1.29, 1.82) is 0 Å². The minimum atomic E-state index is 0. The second kappa shape index (κ2) is 7.07. The number of carbonyl (C=O) groups excluding carboxylic acids is 1. The summed E-state index contributed by atoms with van der Waals surface area (Å²) in [6.45, 7) is 6.62. The summed E-state index contributed by atoms with van der Waals surface area (Å²) in [4.78, 5) is 16.1. The zero-order valence-corrected chi connectivity index (χ0v) is 12.4. The van der Waals surface area contributed by atoms with Crippen LogP contribution in [0.15, 0.2) is 5.38 Å². The fraction of sp³-hybridized carbons (Fsp3) is 0.667. The highest BCUT2D eigenvalue weighted by Crippen LogP contribution is 2.19. The highest BCUT2D eigenvalue weighted by Gasteiger charge is 2.24. The van der Waals surface area contributed by atoms with E-state index >= 15 is 0 Å². The third-order valence-corrected chi connectivity index (χ3v) is 4.09. The molecule has 102 valence electrons. The normalized spacial score (nSPS) is 15.1. The van der Waals surface area contributed by atoms with Crippen LogP contribution in [-0.2, 0) is 11.2 Å². The molecule has 1 fully saturated rings. The molecule has 1 aromatic heterocycles. The number of hydrogen-bond acceptors (Lipinski definition) is 4. The third-order valence-electron chi connectivity index (χ3n) is 2.90. The van der Waals surface area contributed by atoms with Crippen molar-refractivity contribution in [2.45, 2.75) is 26.2 Å². The lowest BCUT2D eigenvalue weighted by Gasteiger charge is -2.25. The smallest absolute Gasteiger partial charge is 0.225 e. The first-order valence-corrected chi connectivity index (χ1v) is 6.97. The lowest BCUT2D eigenvalue weighted by Crippen LogP contribution is -2.51. The molecule has 0 radical (unpaired) electrons. The summed E-state index contributed by atoms with van der Waals surface area (Å²) < 4.78 is 0. The van der Waals surface area contributed by atoms with Gasteiger partial charge >= 0.3 is 0 Å². The molecule has 1 aliphatic rings. The maximum atomic E-state index is 11.6. The highest BCUT2D eigenvalue weighted by atomic mass is 35.5.